The Balaban J connectivity index is 2.42. The standard InChI is InChI=1S/C15H14O2/c1-3-11(15(16)17)8-13-9-12-6-4-5-7-14(12)10(13)2/h3-8H,1,9H2,2H3,(H,16,17)/b11-8+. The van der Waals surface area contributed by atoms with Gasteiger partial charge >= 0.3 is 5.97 Å². The molecule has 1 aromatic carbocycles. The molecule has 1 aliphatic carbocycles. The van der Waals surface area contributed by atoms with Crippen molar-refractivity contribution >= 4 is 11.5 Å². The lowest BCUT2D eigenvalue weighted by Crippen LogP contribution is -1.98. The summed E-state index contributed by atoms with van der Waals surface area (Å²) in [5.74, 6) is -0.934. The van der Waals surface area contributed by atoms with Crippen molar-refractivity contribution in [3.05, 3.63) is 65.3 Å². The summed E-state index contributed by atoms with van der Waals surface area (Å²) in [7, 11) is 0. The molecule has 0 heterocycles. The Morgan fingerprint density at radius 2 is 2.12 bits per heavy atom. The van der Waals surface area contributed by atoms with Crippen LogP contribution in [0.1, 0.15) is 18.1 Å². The van der Waals surface area contributed by atoms with Gasteiger partial charge in [0, 0.05) is 0 Å². The van der Waals surface area contributed by atoms with E-state index >= 15 is 0 Å². The van der Waals surface area contributed by atoms with Gasteiger partial charge in [-0.05, 0) is 41.7 Å². The van der Waals surface area contributed by atoms with Crippen LogP contribution in [0.5, 0.6) is 0 Å². The van der Waals surface area contributed by atoms with E-state index in [2.05, 4.69) is 18.7 Å². The van der Waals surface area contributed by atoms with Crippen molar-refractivity contribution in [2.45, 2.75) is 13.3 Å². The fraction of sp³-hybridized carbons (Fsp3) is 0.133. The minimum atomic E-state index is -0.934. The van der Waals surface area contributed by atoms with E-state index in [4.69, 9.17) is 5.11 Å². The monoisotopic (exact) mass is 226 g/mol. The number of hydrogen-bond donors (Lipinski definition) is 1. The molecule has 0 aliphatic heterocycles. The van der Waals surface area contributed by atoms with Crippen LogP contribution in [0.25, 0.3) is 5.57 Å². The van der Waals surface area contributed by atoms with Gasteiger partial charge in [0.05, 0.1) is 5.57 Å². The predicted molar refractivity (Wildman–Crippen MR) is 68.7 cm³/mol. The average molecular weight is 226 g/mol. The van der Waals surface area contributed by atoms with Gasteiger partial charge in [0.2, 0.25) is 0 Å². The van der Waals surface area contributed by atoms with Crippen LogP contribution in [-0.4, -0.2) is 11.1 Å². The quantitative estimate of drug-likeness (QED) is 0.634. The summed E-state index contributed by atoms with van der Waals surface area (Å²) in [5.41, 5.74) is 4.93. The number of carbonyl (C=O) groups is 1. The lowest BCUT2D eigenvalue weighted by Gasteiger charge is -1.99. The van der Waals surface area contributed by atoms with Crippen LogP contribution in [0.4, 0.5) is 0 Å². The van der Waals surface area contributed by atoms with Gasteiger partial charge in [-0.25, -0.2) is 4.79 Å². The Kier molecular flexibility index (Phi) is 2.96. The first-order valence-electron chi connectivity index (χ1n) is 5.49. The van der Waals surface area contributed by atoms with Crippen molar-refractivity contribution in [2.24, 2.45) is 0 Å². The lowest BCUT2D eigenvalue weighted by atomic mass is 10.1. The Bertz CT molecular complexity index is 548. The second kappa shape index (κ2) is 4.42. The summed E-state index contributed by atoms with van der Waals surface area (Å²) in [6.07, 6.45) is 3.89. The summed E-state index contributed by atoms with van der Waals surface area (Å²) in [6, 6.07) is 8.15. The van der Waals surface area contributed by atoms with Crippen molar-refractivity contribution in [3.63, 3.8) is 0 Å². The topological polar surface area (TPSA) is 37.3 Å². The first-order chi connectivity index (χ1) is 8.13. The van der Waals surface area contributed by atoms with Gasteiger partial charge in [-0.15, -0.1) is 0 Å². The molecule has 0 amide bonds. The molecule has 1 aromatic rings. The molecule has 0 bridgehead atoms. The minimum absolute atomic E-state index is 0.243. The first-order valence-corrected chi connectivity index (χ1v) is 5.49. The SMILES string of the molecule is C=C/C(=C\C1=C(C)c2ccccc2C1)C(=O)O. The fourth-order valence-corrected chi connectivity index (χ4v) is 2.11. The summed E-state index contributed by atoms with van der Waals surface area (Å²) >= 11 is 0. The Morgan fingerprint density at radius 1 is 1.41 bits per heavy atom. The number of allylic oxidation sites excluding steroid dienone is 3. The van der Waals surface area contributed by atoms with E-state index in [1.807, 2.05) is 19.1 Å². The number of hydrogen-bond acceptors (Lipinski definition) is 1. The molecule has 2 nitrogen and oxygen atoms in total. The summed E-state index contributed by atoms with van der Waals surface area (Å²) in [4.78, 5) is 10.9. The highest BCUT2D eigenvalue weighted by Gasteiger charge is 2.17. The van der Waals surface area contributed by atoms with Crippen LogP contribution >= 0.6 is 0 Å². The zero-order chi connectivity index (χ0) is 12.4. The molecule has 0 fully saturated rings. The molecule has 2 heteroatoms. The zero-order valence-corrected chi connectivity index (χ0v) is 9.73. The highest BCUT2D eigenvalue weighted by Crippen LogP contribution is 2.33. The highest BCUT2D eigenvalue weighted by molar-refractivity contribution is 5.91. The summed E-state index contributed by atoms with van der Waals surface area (Å²) < 4.78 is 0. The number of carboxylic acids is 1. The fourth-order valence-electron chi connectivity index (χ4n) is 2.11. The molecule has 17 heavy (non-hydrogen) atoms. The number of carboxylic acid groups (broad SMARTS) is 1. The molecular weight excluding hydrogens is 212 g/mol. The maximum atomic E-state index is 10.9. The van der Waals surface area contributed by atoms with E-state index in [0.717, 1.165) is 17.6 Å². The van der Waals surface area contributed by atoms with Crippen LogP contribution in [0.2, 0.25) is 0 Å². The summed E-state index contributed by atoms with van der Waals surface area (Å²) in [5, 5.41) is 8.97. The Hall–Kier alpha value is -2.09. The van der Waals surface area contributed by atoms with Crippen molar-refractivity contribution < 1.29 is 9.90 Å². The lowest BCUT2D eigenvalue weighted by molar-refractivity contribution is -0.132. The molecular formula is C15H14O2. The van der Waals surface area contributed by atoms with Gasteiger partial charge in [-0.1, -0.05) is 36.9 Å². The second-order valence-corrected chi connectivity index (χ2v) is 4.09. The Labute approximate surface area is 101 Å². The molecule has 0 aromatic heterocycles. The number of rotatable bonds is 3. The van der Waals surface area contributed by atoms with E-state index in [9.17, 15) is 4.79 Å². The van der Waals surface area contributed by atoms with Crippen LogP contribution in [0.15, 0.2) is 54.1 Å². The van der Waals surface area contributed by atoms with E-state index in [1.54, 1.807) is 6.08 Å². The molecule has 0 radical (unpaired) electrons. The Morgan fingerprint density at radius 3 is 2.71 bits per heavy atom. The third-order valence-electron chi connectivity index (χ3n) is 3.08. The third-order valence-corrected chi connectivity index (χ3v) is 3.08. The van der Waals surface area contributed by atoms with Crippen LogP contribution in [0, 0.1) is 0 Å². The molecule has 0 unspecified atom stereocenters. The smallest absolute Gasteiger partial charge is 0.335 e. The molecule has 0 saturated heterocycles. The highest BCUT2D eigenvalue weighted by atomic mass is 16.4. The van der Waals surface area contributed by atoms with Gasteiger partial charge in [0.25, 0.3) is 0 Å². The van der Waals surface area contributed by atoms with Crippen LogP contribution in [-0.2, 0) is 11.2 Å². The molecule has 0 saturated carbocycles. The van der Waals surface area contributed by atoms with E-state index < -0.39 is 5.97 Å². The van der Waals surface area contributed by atoms with E-state index in [-0.39, 0.29) is 5.57 Å². The van der Waals surface area contributed by atoms with Crippen molar-refractivity contribution in [3.8, 4) is 0 Å². The largest absolute Gasteiger partial charge is 0.478 e. The average Bonchev–Trinajstić information content (AvgIpc) is 2.63. The maximum absolute atomic E-state index is 10.9. The van der Waals surface area contributed by atoms with E-state index in [1.165, 1.54) is 17.2 Å². The normalized spacial score (nSPS) is 14.8. The van der Waals surface area contributed by atoms with Crippen molar-refractivity contribution in [1.82, 2.24) is 0 Å². The van der Waals surface area contributed by atoms with Gasteiger partial charge in [-0.2, -0.15) is 0 Å². The van der Waals surface area contributed by atoms with E-state index in [0.29, 0.717) is 0 Å². The second-order valence-electron chi connectivity index (χ2n) is 4.09. The maximum Gasteiger partial charge on any atom is 0.335 e. The van der Waals surface area contributed by atoms with Gasteiger partial charge in [0.15, 0.2) is 0 Å². The van der Waals surface area contributed by atoms with Gasteiger partial charge < -0.3 is 5.11 Å². The van der Waals surface area contributed by atoms with Gasteiger partial charge in [0.1, 0.15) is 0 Å². The summed E-state index contributed by atoms with van der Waals surface area (Å²) in [6.45, 7) is 5.55. The van der Waals surface area contributed by atoms with Crippen LogP contribution < -0.4 is 0 Å². The van der Waals surface area contributed by atoms with Crippen LogP contribution in [0.3, 0.4) is 0 Å². The van der Waals surface area contributed by atoms with Crippen molar-refractivity contribution in [2.75, 3.05) is 0 Å². The molecule has 1 N–H and O–H groups in total. The van der Waals surface area contributed by atoms with Crippen molar-refractivity contribution in [1.29, 1.82) is 0 Å². The molecule has 0 spiro atoms. The molecule has 0 atom stereocenters. The number of benzene rings is 1. The third kappa shape index (κ3) is 2.07. The zero-order valence-electron chi connectivity index (χ0n) is 9.73. The number of aliphatic carboxylic acids is 1. The van der Waals surface area contributed by atoms with Gasteiger partial charge in [-0.3, -0.25) is 0 Å². The molecule has 2 rings (SSSR count). The number of fused-ring (bicyclic) bond motifs is 1. The predicted octanol–water partition coefficient (Wildman–Crippen LogP) is 3.21. The molecule has 86 valence electrons. The first kappa shape index (κ1) is 11.4. The molecule has 1 aliphatic rings. The minimum Gasteiger partial charge on any atom is -0.478 e.